The van der Waals surface area contributed by atoms with Crippen molar-refractivity contribution < 1.29 is 14.2 Å². The van der Waals surface area contributed by atoms with Crippen LogP contribution in [0.1, 0.15) is 28.2 Å². The highest BCUT2D eigenvalue weighted by Crippen LogP contribution is 2.37. The summed E-state index contributed by atoms with van der Waals surface area (Å²) in [5.41, 5.74) is 10.9. The predicted molar refractivity (Wildman–Crippen MR) is 97.5 cm³/mol. The molecule has 0 aromatic heterocycles. The van der Waals surface area contributed by atoms with E-state index in [1.807, 2.05) is 12.1 Å². The Balaban J connectivity index is 2.42. The summed E-state index contributed by atoms with van der Waals surface area (Å²) in [7, 11) is 4.93. The van der Waals surface area contributed by atoms with Gasteiger partial charge >= 0.3 is 0 Å². The minimum absolute atomic E-state index is 0.219. The maximum absolute atomic E-state index is 6.09. The standard InChI is InChI=1S/C20H27NO3/c1-13-6-7-14(2)17(8-13)16(12-21)9-15-10-19(23-4)20(24-5)11-18(15)22-3/h6-8,10-11,16H,9,12,21H2,1-5H3. The summed E-state index contributed by atoms with van der Waals surface area (Å²) in [6.45, 7) is 4.80. The Morgan fingerprint density at radius 3 is 2.08 bits per heavy atom. The number of benzene rings is 2. The highest BCUT2D eigenvalue weighted by atomic mass is 16.5. The van der Waals surface area contributed by atoms with Gasteiger partial charge in [0.1, 0.15) is 5.75 Å². The van der Waals surface area contributed by atoms with Gasteiger partial charge < -0.3 is 19.9 Å². The van der Waals surface area contributed by atoms with Gasteiger partial charge in [-0.2, -0.15) is 0 Å². The van der Waals surface area contributed by atoms with Gasteiger partial charge in [0.2, 0.25) is 0 Å². The number of hydrogen-bond acceptors (Lipinski definition) is 4. The van der Waals surface area contributed by atoms with Crippen molar-refractivity contribution in [2.75, 3.05) is 27.9 Å². The fourth-order valence-electron chi connectivity index (χ4n) is 3.04. The van der Waals surface area contributed by atoms with Crippen LogP contribution in [0.15, 0.2) is 30.3 Å². The molecule has 0 saturated carbocycles. The van der Waals surface area contributed by atoms with Crippen LogP contribution in [0.4, 0.5) is 0 Å². The summed E-state index contributed by atoms with van der Waals surface area (Å²) < 4.78 is 16.3. The molecular formula is C20H27NO3. The molecule has 1 atom stereocenters. The van der Waals surface area contributed by atoms with Crippen LogP contribution < -0.4 is 19.9 Å². The fraction of sp³-hybridized carbons (Fsp3) is 0.400. The van der Waals surface area contributed by atoms with E-state index in [0.717, 1.165) is 17.7 Å². The van der Waals surface area contributed by atoms with Gasteiger partial charge in [0.25, 0.3) is 0 Å². The molecule has 0 saturated heterocycles. The zero-order valence-corrected chi connectivity index (χ0v) is 15.2. The molecule has 0 heterocycles. The van der Waals surface area contributed by atoms with Crippen LogP contribution in [-0.2, 0) is 6.42 Å². The van der Waals surface area contributed by atoms with Crippen LogP contribution in [0, 0.1) is 13.8 Å². The van der Waals surface area contributed by atoms with Crippen molar-refractivity contribution >= 4 is 0 Å². The molecule has 2 N–H and O–H groups in total. The fourth-order valence-corrected chi connectivity index (χ4v) is 3.04. The molecule has 2 aromatic carbocycles. The number of nitrogens with two attached hydrogens (primary N) is 1. The summed E-state index contributed by atoms with van der Waals surface area (Å²) in [4.78, 5) is 0. The van der Waals surface area contributed by atoms with Crippen LogP contribution in [0.5, 0.6) is 17.2 Å². The van der Waals surface area contributed by atoms with Gasteiger partial charge in [0.05, 0.1) is 21.3 Å². The SMILES string of the molecule is COc1cc(OC)c(OC)cc1CC(CN)c1cc(C)ccc1C. The minimum atomic E-state index is 0.219. The molecule has 0 aliphatic heterocycles. The van der Waals surface area contributed by atoms with Crippen molar-refractivity contribution in [3.05, 3.63) is 52.6 Å². The Kier molecular flexibility index (Phi) is 6.10. The lowest BCUT2D eigenvalue weighted by Gasteiger charge is -2.21. The van der Waals surface area contributed by atoms with Crippen molar-refractivity contribution in [1.82, 2.24) is 0 Å². The molecule has 130 valence electrons. The van der Waals surface area contributed by atoms with Gasteiger partial charge in [-0.1, -0.05) is 23.8 Å². The summed E-state index contributed by atoms with van der Waals surface area (Å²) >= 11 is 0. The second-order valence-corrected chi connectivity index (χ2v) is 6.02. The topological polar surface area (TPSA) is 53.7 Å². The van der Waals surface area contributed by atoms with Crippen molar-refractivity contribution in [2.45, 2.75) is 26.2 Å². The predicted octanol–water partition coefficient (Wildman–Crippen LogP) is 3.61. The number of rotatable bonds is 7. The first-order valence-corrected chi connectivity index (χ1v) is 8.10. The van der Waals surface area contributed by atoms with E-state index in [2.05, 4.69) is 32.0 Å². The Labute approximate surface area is 144 Å². The minimum Gasteiger partial charge on any atom is -0.496 e. The first-order valence-electron chi connectivity index (χ1n) is 8.10. The highest BCUT2D eigenvalue weighted by Gasteiger charge is 2.18. The molecule has 0 spiro atoms. The molecule has 4 heteroatoms. The average molecular weight is 329 g/mol. The summed E-state index contributed by atoms with van der Waals surface area (Å²) in [6.07, 6.45) is 0.782. The zero-order chi connectivity index (χ0) is 17.7. The number of hydrogen-bond donors (Lipinski definition) is 1. The Morgan fingerprint density at radius 1 is 0.875 bits per heavy atom. The van der Waals surface area contributed by atoms with Crippen LogP contribution in [0.2, 0.25) is 0 Å². The Bertz CT molecular complexity index is 698. The van der Waals surface area contributed by atoms with Crippen LogP contribution >= 0.6 is 0 Å². The van der Waals surface area contributed by atoms with Gasteiger partial charge in [-0.15, -0.1) is 0 Å². The third-order valence-electron chi connectivity index (χ3n) is 4.41. The summed E-state index contributed by atoms with van der Waals surface area (Å²) in [5.74, 6) is 2.37. The molecule has 0 fully saturated rings. The quantitative estimate of drug-likeness (QED) is 0.843. The monoisotopic (exact) mass is 329 g/mol. The molecule has 0 aliphatic rings. The lowest BCUT2D eigenvalue weighted by molar-refractivity contribution is 0.347. The molecule has 0 bridgehead atoms. The van der Waals surface area contributed by atoms with Gasteiger partial charge in [-0.3, -0.25) is 0 Å². The van der Waals surface area contributed by atoms with Crippen LogP contribution in [-0.4, -0.2) is 27.9 Å². The van der Waals surface area contributed by atoms with Crippen molar-refractivity contribution in [2.24, 2.45) is 5.73 Å². The molecular weight excluding hydrogens is 302 g/mol. The third-order valence-corrected chi connectivity index (χ3v) is 4.41. The lowest BCUT2D eigenvalue weighted by atomic mass is 9.88. The van der Waals surface area contributed by atoms with Crippen molar-refractivity contribution in [1.29, 1.82) is 0 Å². The van der Waals surface area contributed by atoms with E-state index in [9.17, 15) is 0 Å². The van der Waals surface area contributed by atoms with Gasteiger partial charge in [0, 0.05) is 12.0 Å². The number of ether oxygens (including phenoxy) is 3. The first-order chi connectivity index (χ1) is 11.5. The maximum atomic E-state index is 6.09. The number of aryl methyl sites for hydroxylation is 2. The van der Waals surface area contributed by atoms with E-state index in [0.29, 0.717) is 18.0 Å². The smallest absolute Gasteiger partial charge is 0.164 e. The van der Waals surface area contributed by atoms with Crippen molar-refractivity contribution in [3.63, 3.8) is 0 Å². The van der Waals surface area contributed by atoms with Crippen LogP contribution in [0.3, 0.4) is 0 Å². The van der Waals surface area contributed by atoms with Gasteiger partial charge in [-0.25, -0.2) is 0 Å². The molecule has 2 rings (SSSR count). The molecule has 0 radical (unpaired) electrons. The molecule has 1 unspecified atom stereocenters. The van der Waals surface area contributed by atoms with E-state index in [-0.39, 0.29) is 5.92 Å². The summed E-state index contributed by atoms with van der Waals surface area (Å²) in [6, 6.07) is 10.3. The number of methoxy groups -OCH3 is 3. The molecule has 4 nitrogen and oxygen atoms in total. The van der Waals surface area contributed by atoms with E-state index in [1.165, 1.54) is 16.7 Å². The van der Waals surface area contributed by atoms with Crippen LogP contribution in [0.25, 0.3) is 0 Å². The largest absolute Gasteiger partial charge is 0.496 e. The van der Waals surface area contributed by atoms with Crippen molar-refractivity contribution in [3.8, 4) is 17.2 Å². The maximum Gasteiger partial charge on any atom is 0.164 e. The Morgan fingerprint density at radius 2 is 1.50 bits per heavy atom. The molecule has 0 aliphatic carbocycles. The zero-order valence-electron chi connectivity index (χ0n) is 15.2. The lowest BCUT2D eigenvalue weighted by Crippen LogP contribution is -2.17. The average Bonchev–Trinajstić information content (AvgIpc) is 2.61. The molecule has 2 aromatic rings. The van der Waals surface area contributed by atoms with E-state index in [4.69, 9.17) is 19.9 Å². The van der Waals surface area contributed by atoms with Gasteiger partial charge in [0.15, 0.2) is 11.5 Å². The van der Waals surface area contributed by atoms with E-state index in [1.54, 1.807) is 21.3 Å². The first kappa shape index (κ1) is 18.1. The molecule has 0 amide bonds. The molecule has 24 heavy (non-hydrogen) atoms. The van der Waals surface area contributed by atoms with E-state index >= 15 is 0 Å². The van der Waals surface area contributed by atoms with Gasteiger partial charge in [-0.05, 0) is 49.6 Å². The second-order valence-electron chi connectivity index (χ2n) is 6.02. The second kappa shape index (κ2) is 8.06. The Hall–Kier alpha value is -2.20. The third kappa shape index (κ3) is 3.82. The normalized spacial score (nSPS) is 11.9. The summed E-state index contributed by atoms with van der Waals surface area (Å²) in [5, 5.41) is 0. The highest BCUT2D eigenvalue weighted by molar-refractivity contribution is 5.51. The van der Waals surface area contributed by atoms with E-state index < -0.39 is 0 Å².